The fourth-order valence-corrected chi connectivity index (χ4v) is 2.22. The van der Waals surface area contributed by atoms with Crippen molar-refractivity contribution in [2.75, 3.05) is 5.75 Å². The van der Waals surface area contributed by atoms with Crippen LogP contribution in [0.25, 0.3) is 0 Å². The second kappa shape index (κ2) is 10.0. The normalized spacial score (nSPS) is 12.0. The summed E-state index contributed by atoms with van der Waals surface area (Å²) in [4.78, 5) is 16.4. The molecule has 0 bridgehead atoms. The molecule has 0 radical (unpaired) electrons. The Bertz CT molecular complexity index is 777. The molecule has 1 atom stereocenters. The average molecular weight is 391 g/mol. The van der Waals surface area contributed by atoms with Crippen molar-refractivity contribution >= 4 is 42.1 Å². The number of hydrogen-bond acceptors (Lipinski definition) is 4. The van der Waals surface area contributed by atoms with Crippen LogP contribution in [0.1, 0.15) is 24.0 Å². The zero-order chi connectivity index (χ0) is 18.9. The summed E-state index contributed by atoms with van der Waals surface area (Å²) in [6, 6.07) is 13.4. The third kappa shape index (κ3) is 6.24. The van der Waals surface area contributed by atoms with Gasteiger partial charge in [0.2, 0.25) is 5.91 Å². The van der Waals surface area contributed by atoms with Crippen molar-refractivity contribution in [1.29, 1.82) is 0 Å². The molecule has 1 unspecified atom stereocenters. The highest BCUT2D eigenvalue weighted by atomic mass is 32.1. The monoisotopic (exact) mass is 390 g/mol. The molecule has 0 aliphatic rings. The van der Waals surface area contributed by atoms with Gasteiger partial charge in [-0.1, -0.05) is 36.5 Å². The summed E-state index contributed by atoms with van der Waals surface area (Å²) in [5.74, 6) is 0.221. The van der Waals surface area contributed by atoms with E-state index in [1.807, 2.05) is 12.1 Å². The van der Waals surface area contributed by atoms with Gasteiger partial charge in [0.05, 0.1) is 12.3 Å². The van der Waals surface area contributed by atoms with Gasteiger partial charge in [-0.05, 0) is 42.3 Å². The molecule has 0 fully saturated rings. The maximum Gasteiger partial charge on any atom is 0.232 e. The van der Waals surface area contributed by atoms with Crippen molar-refractivity contribution in [3.8, 4) is 5.75 Å². The molecule has 0 saturated heterocycles. The highest BCUT2D eigenvalue weighted by Gasteiger charge is 2.14. The summed E-state index contributed by atoms with van der Waals surface area (Å²) in [5.41, 5.74) is 1.73. The van der Waals surface area contributed by atoms with Gasteiger partial charge in [-0.25, -0.2) is 9.38 Å². The minimum absolute atomic E-state index is 0.185. The maximum atomic E-state index is 12.9. The Hall–Kier alpha value is -2.25. The predicted octanol–water partition coefficient (Wildman–Crippen LogP) is 3.91. The summed E-state index contributed by atoms with van der Waals surface area (Å²) >= 11 is 8.89. The van der Waals surface area contributed by atoms with Gasteiger partial charge in [0.25, 0.3) is 0 Å². The number of aliphatic imine (C=N–C) groups is 1. The third-order valence-electron chi connectivity index (χ3n) is 3.64. The maximum absolute atomic E-state index is 12.9. The van der Waals surface area contributed by atoms with Gasteiger partial charge >= 0.3 is 0 Å². The molecular formula is C19H19FN2O2S2. The van der Waals surface area contributed by atoms with Crippen LogP contribution in [0.15, 0.2) is 53.5 Å². The van der Waals surface area contributed by atoms with Crippen LogP contribution in [-0.2, 0) is 11.4 Å². The van der Waals surface area contributed by atoms with E-state index in [-0.39, 0.29) is 17.6 Å². The highest BCUT2D eigenvalue weighted by molar-refractivity contribution is 7.86. The lowest BCUT2D eigenvalue weighted by atomic mass is 10.0. The van der Waals surface area contributed by atoms with Crippen LogP contribution in [0.2, 0.25) is 0 Å². The first kappa shape index (κ1) is 20.1. The molecule has 0 saturated carbocycles. The van der Waals surface area contributed by atoms with Gasteiger partial charge in [0.1, 0.15) is 23.2 Å². The average Bonchev–Trinajstić information content (AvgIpc) is 2.67. The Morgan fingerprint density at radius 1 is 1.27 bits per heavy atom. The second-order valence-electron chi connectivity index (χ2n) is 5.52. The van der Waals surface area contributed by atoms with E-state index in [9.17, 15) is 9.18 Å². The van der Waals surface area contributed by atoms with Crippen molar-refractivity contribution < 1.29 is 13.9 Å². The zero-order valence-electron chi connectivity index (χ0n) is 14.2. The van der Waals surface area contributed by atoms with E-state index in [2.05, 4.69) is 22.9 Å². The number of benzene rings is 2. The summed E-state index contributed by atoms with van der Waals surface area (Å²) in [5, 5.41) is 2.60. The molecule has 1 N–H and O–H groups in total. The van der Waals surface area contributed by atoms with E-state index < -0.39 is 0 Å². The molecule has 2 aromatic carbocycles. The summed E-state index contributed by atoms with van der Waals surface area (Å²) in [6.45, 7) is 2.14. The SMILES string of the molecule is CC(C(=O)N/C=N/C(=S)CS)c1ccc(OCc2ccc(F)cc2)cc1. The Morgan fingerprint density at radius 2 is 1.92 bits per heavy atom. The molecule has 0 aliphatic carbocycles. The number of halogens is 1. The minimum atomic E-state index is -0.350. The summed E-state index contributed by atoms with van der Waals surface area (Å²) in [7, 11) is 0. The molecule has 0 spiro atoms. The Morgan fingerprint density at radius 3 is 2.54 bits per heavy atom. The van der Waals surface area contributed by atoms with Crippen LogP contribution in [0, 0.1) is 5.82 Å². The number of rotatable bonds is 7. The van der Waals surface area contributed by atoms with E-state index >= 15 is 0 Å². The topological polar surface area (TPSA) is 50.7 Å². The second-order valence-corrected chi connectivity index (χ2v) is 6.31. The van der Waals surface area contributed by atoms with E-state index in [1.165, 1.54) is 18.5 Å². The lowest BCUT2D eigenvalue weighted by Crippen LogP contribution is -2.27. The zero-order valence-corrected chi connectivity index (χ0v) is 15.9. The molecular weight excluding hydrogens is 371 g/mol. The quantitative estimate of drug-likeness (QED) is 0.326. The summed E-state index contributed by atoms with van der Waals surface area (Å²) < 4.78 is 18.5. The van der Waals surface area contributed by atoms with E-state index in [1.54, 1.807) is 31.2 Å². The standard InChI is InChI=1S/C19H19FN2O2S2/c1-13(19(23)22-12-21-18(26)11-25)15-4-8-17(9-5-15)24-10-14-2-6-16(20)7-3-14/h2-9,12-13,25H,10-11H2,1H3,(H,21,22,23,26). The highest BCUT2D eigenvalue weighted by Crippen LogP contribution is 2.20. The van der Waals surface area contributed by atoms with Crippen molar-refractivity contribution in [3.63, 3.8) is 0 Å². The first-order valence-electron chi connectivity index (χ1n) is 7.93. The number of nitrogens with zero attached hydrogens (tertiary/aromatic N) is 1. The van der Waals surface area contributed by atoms with Gasteiger partial charge in [-0.15, -0.1) is 0 Å². The van der Waals surface area contributed by atoms with Gasteiger partial charge in [0.15, 0.2) is 0 Å². The smallest absolute Gasteiger partial charge is 0.232 e. The molecule has 4 nitrogen and oxygen atoms in total. The molecule has 0 heterocycles. The van der Waals surface area contributed by atoms with Crippen LogP contribution < -0.4 is 10.1 Å². The molecule has 136 valence electrons. The van der Waals surface area contributed by atoms with Crippen LogP contribution in [0.4, 0.5) is 4.39 Å². The molecule has 7 heteroatoms. The molecule has 1 amide bonds. The van der Waals surface area contributed by atoms with E-state index in [0.717, 1.165) is 11.1 Å². The number of hydrogen-bond donors (Lipinski definition) is 2. The van der Waals surface area contributed by atoms with Gasteiger partial charge in [-0.2, -0.15) is 12.6 Å². The Balaban J connectivity index is 1.89. The minimum Gasteiger partial charge on any atom is -0.489 e. The molecule has 26 heavy (non-hydrogen) atoms. The van der Waals surface area contributed by atoms with Crippen molar-refractivity contribution in [2.24, 2.45) is 4.99 Å². The van der Waals surface area contributed by atoms with E-state index in [0.29, 0.717) is 23.1 Å². The number of carbonyl (C=O) groups excluding carboxylic acids is 1. The van der Waals surface area contributed by atoms with Crippen molar-refractivity contribution in [2.45, 2.75) is 19.4 Å². The lowest BCUT2D eigenvalue weighted by Gasteiger charge is -2.12. The number of carbonyl (C=O) groups is 1. The Kier molecular flexibility index (Phi) is 7.74. The van der Waals surface area contributed by atoms with E-state index in [4.69, 9.17) is 17.0 Å². The number of amides is 1. The van der Waals surface area contributed by atoms with Crippen LogP contribution in [-0.4, -0.2) is 23.0 Å². The van der Waals surface area contributed by atoms with Crippen molar-refractivity contribution in [1.82, 2.24) is 5.32 Å². The number of thiol groups is 1. The predicted molar refractivity (Wildman–Crippen MR) is 109 cm³/mol. The molecule has 0 aromatic heterocycles. The largest absolute Gasteiger partial charge is 0.489 e. The lowest BCUT2D eigenvalue weighted by molar-refractivity contribution is -0.120. The van der Waals surface area contributed by atoms with Crippen molar-refractivity contribution in [3.05, 3.63) is 65.5 Å². The van der Waals surface area contributed by atoms with Crippen LogP contribution in [0.3, 0.4) is 0 Å². The first-order chi connectivity index (χ1) is 12.5. The molecule has 2 rings (SSSR count). The van der Waals surface area contributed by atoms with Crippen LogP contribution >= 0.6 is 24.8 Å². The number of ether oxygens (including phenoxy) is 1. The molecule has 2 aromatic rings. The Labute approximate surface area is 162 Å². The third-order valence-corrected chi connectivity index (χ3v) is 4.41. The van der Waals surface area contributed by atoms with Crippen LogP contribution in [0.5, 0.6) is 5.75 Å². The fourth-order valence-electron chi connectivity index (χ4n) is 2.09. The number of thiocarbonyl (C=S) groups is 1. The van der Waals surface area contributed by atoms with Gasteiger partial charge < -0.3 is 10.1 Å². The van der Waals surface area contributed by atoms with Gasteiger partial charge in [-0.3, -0.25) is 4.79 Å². The first-order valence-corrected chi connectivity index (χ1v) is 8.97. The fraction of sp³-hybridized carbons (Fsp3) is 0.211. The van der Waals surface area contributed by atoms with Gasteiger partial charge in [0, 0.05) is 5.75 Å². The molecule has 0 aliphatic heterocycles. The number of nitrogens with one attached hydrogen (secondary N) is 1. The summed E-state index contributed by atoms with van der Waals surface area (Å²) in [6.07, 6.45) is 1.29.